The van der Waals surface area contributed by atoms with Gasteiger partial charge in [0.1, 0.15) is 6.04 Å². The Labute approximate surface area is 179 Å². The molecule has 0 fully saturated rings. The van der Waals surface area contributed by atoms with Crippen molar-refractivity contribution >= 4 is 31.5 Å². The standard InChI is InChI=1S/C21H28N2O5S2/c1-6-17-7-11-19(12-8-17)23(30(5,27)28)16(3)21(24)22-15(2)18-9-13-20(14-10-18)29(4,25)26/h7-16H,6H2,1-5H3,(H,22,24). The second-order valence-corrected chi connectivity index (χ2v) is 11.2. The number of benzene rings is 2. The van der Waals surface area contributed by atoms with Gasteiger partial charge < -0.3 is 5.32 Å². The molecule has 0 spiro atoms. The summed E-state index contributed by atoms with van der Waals surface area (Å²) in [6, 6.07) is 11.9. The van der Waals surface area contributed by atoms with Crippen molar-refractivity contribution in [3.05, 3.63) is 59.7 Å². The zero-order valence-corrected chi connectivity index (χ0v) is 19.4. The van der Waals surface area contributed by atoms with Crippen molar-refractivity contribution < 1.29 is 21.6 Å². The van der Waals surface area contributed by atoms with Crippen molar-refractivity contribution in [2.24, 2.45) is 0 Å². The molecule has 0 radical (unpaired) electrons. The summed E-state index contributed by atoms with van der Waals surface area (Å²) in [4.78, 5) is 13.0. The molecule has 0 saturated carbocycles. The minimum Gasteiger partial charge on any atom is -0.348 e. The van der Waals surface area contributed by atoms with Gasteiger partial charge in [0.25, 0.3) is 0 Å². The molecule has 0 aliphatic heterocycles. The zero-order valence-electron chi connectivity index (χ0n) is 17.8. The van der Waals surface area contributed by atoms with Crippen LogP contribution in [0.15, 0.2) is 53.4 Å². The van der Waals surface area contributed by atoms with E-state index in [1.165, 1.54) is 19.1 Å². The van der Waals surface area contributed by atoms with Crippen molar-refractivity contribution in [1.82, 2.24) is 5.32 Å². The predicted octanol–water partition coefficient (Wildman–Crippen LogP) is 2.68. The van der Waals surface area contributed by atoms with Crippen LogP contribution >= 0.6 is 0 Å². The van der Waals surface area contributed by atoms with Gasteiger partial charge in [0, 0.05) is 6.26 Å². The van der Waals surface area contributed by atoms with Crippen molar-refractivity contribution in [2.45, 2.75) is 44.2 Å². The zero-order chi connectivity index (χ0) is 22.7. The quantitative estimate of drug-likeness (QED) is 0.664. The van der Waals surface area contributed by atoms with E-state index in [0.29, 0.717) is 11.3 Å². The molecule has 0 heterocycles. The third kappa shape index (κ3) is 5.82. The van der Waals surface area contributed by atoms with Crippen LogP contribution in [-0.2, 0) is 31.1 Å². The van der Waals surface area contributed by atoms with Crippen LogP contribution in [0.2, 0.25) is 0 Å². The molecule has 2 aromatic rings. The molecule has 0 aliphatic carbocycles. The second-order valence-electron chi connectivity index (χ2n) is 7.33. The molecular weight excluding hydrogens is 424 g/mol. The average Bonchev–Trinajstić information content (AvgIpc) is 2.66. The minimum absolute atomic E-state index is 0.192. The van der Waals surface area contributed by atoms with Crippen LogP contribution in [0.1, 0.15) is 37.9 Å². The van der Waals surface area contributed by atoms with Gasteiger partial charge in [0.05, 0.1) is 22.9 Å². The van der Waals surface area contributed by atoms with E-state index in [0.717, 1.165) is 28.8 Å². The van der Waals surface area contributed by atoms with Crippen LogP contribution < -0.4 is 9.62 Å². The molecule has 2 unspecified atom stereocenters. The number of aryl methyl sites for hydroxylation is 1. The first-order valence-corrected chi connectivity index (χ1v) is 13.3. The van der Waals surface area contributed by atoms with Crippen LogP contribution in [0.5, 0.6) is 0 Å². The Morgan fingerprint density at radius 1 is 0.933 bits per heavy atom. The summed E-state index contributed by atoms with van der Waals surface area (Å²) in [5.41, 5.74) is 2.19. The van der Waals surface area contributed by atoms with E-state index in [2.05, 4.69) is 5.32 Å². The van der Waals surface area contributed by atoms with Crippen LogP contribution in [-0.4, -0.2) is 41.3 Å². The lowest BCUT2D eigenvalue weighted by Gasteiger charge is -2.29. The largest absolute Gasteiger partial charge is 0.348 e. The topological polar surface area (TPSA) is 101 Å². The first-order valence-electron chi connectivity index (χ1n) is 9.53. The predicted molar refractivity (Wildman–Crippen MR) is 119 cm³/mol. The Bertz CT molecular complexity index is 1090. The highest BCUT2D eigenvalue weighted by Gasteiger charge is 2.29. The molecule has 0 aromatic heterocycles. The Morgan fingerprint density at radius 2 is 1.47 bits per heavy atom. The summed E-state index contributed by atoms with van der Waals surface area (Å²) in [6.45, 7) is 5.29. The Balaban J connectivity index is 2.22. The van der Waals surface area contributed by atoms with E-state index >= 15 is 0 Å². The monoisotopic (exact) mass is 452 g/mol. The molecular formula is C21H28N2O5S2. The summed E-state index contributed by atoms with van der Waals surface area (Å²) in [5, 5.41) is 2.80. The molecule has 0 saturated heterocycles. The molecule has 1 N–H and O–H groups in total. The molecule has 2 rings (SSSR count). The smallest absolute Gasteiger partial charge is 0.244 e. The maximum atomic E-state index is 12.8. The molecule has 0 bridgehead atoms. The summed E-state index contributed by atoms with van der Waals surface area (Å²) in [6.07, 6.45) is 3.02. The van der Waals surface area contributed by atoms with Crippen LogP contribution in [0.4, 0.5) is 5.69 Å². The third-order valence-corrected chi connectivity index (χ3v) is 7.22. The number of rotatable bonds is 8. The number of hydrogen-bond donors (Lipinski definition) is 1. The SMILES string of the molecule is CCc1ccc(N(C(C)C(=O)NC(C)c2ccc(S(C)(=O)=O)cc2)S(C)(=O)=O)cc1. The number of nitrogens with one attached hydrogen (secondary N) is 1. The number of anilines is 1. The summed E-state index contributed by atoms with van der Waals surface area (Å²) >= 11 is 0. The molecule has 7 nitrogen and oxygen atoms in total. The fourth-order valence-electron chi connectivity index (χ4n) is 3.11. The average molecular weight is 453 g/mol. The van der Waals surface area contributed by atoms with E-state index in [4.69, 9.17) is 0 Å². The highest BCUT2D eigenvalue weighted by atomic mass is 32.2. The Kier molecular flexibility index (Phi) is 7.31. The molecule has 1 amide bonds. The highest BCUT2D eigenvalue weighted by Crippen LogP contribution is 2.23. The summed E-state index contributed by atoms with van der Waals surface area (Å²) in [7, 11) is -7.00. The second kappa shape index (κ2) is 9.18. The molecule has 164 valence electrons. The lowest BCUT2D eigenvalue weighted by atomic mass is 10.1. The van der Waals surface area contributed by atoms with E-state index in [-0.39, 0.29) is 4.90 Å². The van der Waals surface area contributed by atoms with Crippen molar-refractivity contribution in [3.8, 4) is 0 Å². The number of carbonyl (C=O) groups excluding carboxylic acids is 1. The number of nitrogens with zero attached hydrogens (tertiary/aromatic N) is 1. The maximum Gasteiger partial charge on any atom is 0.244 e. The first kappa shape index (κ1) is 23.9. The van der Waals surface area contributed by atoms with Crippen molar-refractivity contribution in [2.75, 3.05) is 16.8 Å². The summed E-state index contributed by atoms with van der Waals surface area (Å²) < 4.78 is 49.1. The number of sulfonamides is 1. The number of carbonyl (C=O) groups is 1. The molecule has 9 heteroatoms. The van der Waals surface area contributed by atoms with Gasteiger partial charge in [0.2, 0.25) is 15.9 Å². The van der Waals surface area contributed by atoms with Crippen LogP contribution in [0.25, 0.3) is 0 Å². The van der Waals surface area contributed by atoms with Gasteiger partial charge in [-0.05, 0) is 55.7 Å². The summed E-state index contributed by atoms with van der Waals surface area (Å²) in [5.74, 6) is -0.459. The number of hydrogen-bond acceptors (Lipinski definition) is 5. The van der Waals surface area contributed by atoms with E-state index in [9.17, 15) is 21.6 Å². The van der Waals surface area contributed by atoms with Crippen LogP contribution in [0, 0.1) is 0 Å². The molecule has 2 atom stereocenters. The number of sulfone groups is 1. The first-order chi connectivity index (χ1) is 13.8. The van der Waals surface area contributed by atoms with Gasteiger partial charge >= 0.3 is 0 Å². The lowest BCUT2D eigenvalue weighted by Crippen LogP contribution is -2.48. The van der Waals surface area contributed by atoms with Crippen molar-refractivity contribution in [3.63, 3.8) is 0 Å². The van der Waals surface area contributed by atoms with Gasteiger partial charge in [0.15, 0.2) is 9.84 Å². The maximum absolute atomic E-state index is 12.8. The lowest BCUT2D eigenvalue weighted by molar-refractivity contribution is -0.122. The van der Waals surface area contributed by atoms with Gasteiger partial charge in [-0.15, -0.1) is 0 Å². The van der Waals surface area contributed by atoms with Gasteiger partial charge in [-0.2, -0.15) is 0 Å². The molecule has 30 heavy (non-hydrogen) atoms. The fourth-order valence-corrected chi connectivity index (χ4v) is 4.91. The van der Waals surface area contributed by atoms with E-state index in [1.807, 2.05) is 19.1 Å². The fraction of sp³-hybridized carbons (Fsp3) is 0.381. The minimum atomic E-state index is -3.70. The van der Waals surface area contributed by atoms with Crippen molar-refractivity contribution in [1.29, 1.82) is 0 Å². The Morgan fingerprint density at radius 3 is 1.90 bits per heavy atom. The van der Waals surface area contributed by atoms with Crippen LogP contribution in [0.3, 0.4) is 0 Å². The Hall–Kier alpha value is -2.39. The highest BCUT2D eigenvalue weighted by molar-refractivity contribution is 7.92. The normalized spacial score (nSPS) is 14.0. The number of amides is 1. The van der Waals surface area contributed by atoms with Gasteiger partial charge in [-0.1, -0.05) is 31.2 Å². The van der Waals surface area contributed by atoms with Gasteiger partial charge in [-0.3, -0.25) is 9.10 Å². The van der Waals surface area contributed by atoms with E-state index < -0.39 is 37.9 Å². The van der Waals surface area contributed by atoms with Gasteiger partial charge in [-0.25, -0.2) is 16.8 Å². The third-order valence-electron chi connectivity index (χ3n) is 4.85. The molecule has 0 aliphatic rings. The molecule has 2 aromatic carbocycles. The van der Waals surface area contributed by atoms with E-state index in [1.54, 1.807) is 31.2 Å².